The molecule has 9 heteroatoms. The Morgan fingerprint density at radius 1 is 1.17 bits per heavy atom. The molecule has 0 unspecified atom stereocenters. The van der Waals surface area contributed by atoms with Gasteiger partial charge in [0.25, 0.3) is 5.56 Å². The van der Waals surface area contributed by atoms with Gasteiger partial charge in [-0.3, -0.25) is 19.5 Å². The Bertz CT molecular complexity index is 1360. The van der Waals surface area contributed by atoms with Crippen LogP contribution in [0.5, 0.6) is 5.75 Å². The molecule has 0 saturated carbocycles. The molecule has 30 heavy (non-hydrogen) atoms. The Morgan fingerprint density at radius 2 is 2.00 bits per heavy atom. The van der Waals surface area contributed by atoms with Crippen LogP contribution in [0.4, 0.5) is 5.88 Å². The topological polar surface area (TPSA) is 100 Å². The minimum Gasteiger partial charge on any atom is -0.497 e. The van der Waals surface area contributed by atoms with Crippen molar-refractivity contribution < 1.29 is 14.1 Å². The van der Waals surface area contributed by atoms with E-state index in [1.165, 1.54) is 22.8 Å². The van der Waals surface area contributed by atoms with Crippen molar-refractivity contribution in [2.45, 2.75) is 0 Å². The maximum absolute atomic E-state index is 13.3. The summed E-state index contributed by atoms with van der Waals surface area (Å²) in [6, 6.07) is 15.3. The monoisotopic (exact) mass is 515 g/mol. The summed E-state index contributed by atoms with van der Waals surface area (Å²) in [6.07, 6.45) is 3.12. The molecular weight excluding hydrogens is 501 g/mol. The first kappa shape index (κ1) is 19.8. The summed E-state index contributed by atoms with van der Waals surface area (Å²) in [5.74, 6) is 0.858. The minimum atomic E-state index is -0.612. The molecule has 0 aliphatic carbocycles. The molecule has 0 saturated heterocycles. The number of nitrogens with zero attached hydrogens (tertiary/aromatic N) is 3. The maximum Gasteiger partial charge on any atom is 0.433 e. The first-order valence-electron chi connectivity index (χ1n) is 8.75. The Kier molecular flexibility index (Phi) is 5.36. The Labute approximate surface area is 183 Å². The number of rotatable bonds is 5. The SMILES string of the molecule is COc1cccc(-n2c(/C=C/c3ccc([N+](=O)[O-])o3)nc3ccc(I)cc3c2=O)c1. The molecule has 0 aliphatic rings. The van der Waals surface area contributed by atoms with Gasteiger partial charge in [0.2, 0.25) is 0 Å². The van der Waals surface area contributed by atoms with E-state index in [1.54, 1.807) is 49.6 Å². The van der Waals surface area contributed by atoms with Crippen molar-refractivity contribution in [2.75, 3.05) is 7.11 Å². The highest BCUT2D eigenvalue weighted by molar-refractivity contribution is 14.1. The summed E-state index contributed by atoms with van der Waals surface area (Å²) < 4.78 is 12.8. The third kappa shape index (κ3) is 3.83. The van der Waals surface area contributed by atoms with Gasteiger partial charge in [-0.1, -0.05) is 6.07 Å². The van der Waals surface area contributed by atoms with E-state index >= 15 is 0 Å². The molecule has 4 aromatic rings. The van der Waals surface area contributed by atoms with Gasteiger partial charge >= 0.3 is 5.88 Å². The molecule has 2 aromatic carbocycles. The van der Waals surface area contributed by atoms with Gasteiger partial charge in [-0.2, -0.15) is 0 Å². The van der Waals surface area contributed by atoms with Crippen molar-refractivity contribution in [1.82, 2.24) is 9.55 Å². The highest BCUT2D eigenvalue weighted by Crippen LogP contribution is 2.21. The quantitative estimate of drug-likeness (QED) is 0.218. The fourth-order valence-electron chi connectivity index (χ4n) is 2.97. The van der Waals surface area contributed by atoms with Crippen molar-refractivity contribution in [3.63, 3.8) is 0 Å². The number of hydrogen-bond acceptors (Lipinski definition) is 6. The first-order valence-corrected chi connectivity index (χ1v) is 9.83. The highest BCUT2D eigenvalue weighted by Gasteiger charge is 2.14. The maximum atomic E-state index is 13.3. The summed E-state index contributed by atoms with van der Waals surface area (Å²) in [5.41, 5.74) is 0.888. The molecule has 4 rings (SSSR count). The molecule has 0 bridgehead atoms. The van der Waals surface area contributed by atoms with Gasteiger partial charge in [-0.05, 0) is 71.1 Å². The van der Waals surface area contributed by atoms with Crippen LogP contribution in [-0.4, -0.2) is 21.6 Å². The van der Waals surface area contributed by atoms with Gasteiger partial charge in [-0.15, -0.1) is 0 Å². The molecule has 2 heterocycles. The van der Waals surface area contributed by atoms with E-state index < -0.39 is 4.92 Å². The third-order valence-electron chi connectivity index (χ3n) is 4.36. The second-order valence-electron chi connectivity index (χ2n) is 6.24. The number of methoxy groups -OCH3 is 1. The Balaban J connectivity index is 1.92. The van der Waals surface area contributed by atoms with E-state index in [4.69, 9.17) is 9.15 Å². The highest BCUT2D eigenvalue weighted by atomic mass is 127. The molecule has 150 valence electrons. The second-order valence-corrected chi connectivity index (χ2v) is 7.49. The lowest BCUT2D eigenvalue weighted by Crippen LogP contribution is -2.22. The van der Waals surface area contributed by atoms with Crippen LogP contribution in [0, 0.1) is 13.7 Å². The van der Waals surface area contributed by atoms with Gasteiger partial charge in [0.05, 0.1) is 29.8 Å². The largest absolute Gasteiger partial charge is 0.497 e. The fraction of sp³-hybridized carbons (Fsp3) is 0.0476. The van der Waals surface area contributed by atoms with Crippen molar-refractivity contribution in [2.24, 2.45) is 0 Å². The predicted octanol–water partition coefficient (Wildman–Crippen LogP) is 4.67. The van der Waals surface area contributed by atoms with E-state index in [1.807, 2.05) is 6.07 Å². The van der Waals surface area contributed by atoms with Crippen LogP contribution in [0.3, 0.4) is 0 Å². The molecule has 0 radical (unpaired) electrons. The van der Waals surface area contributed by atoms with E-state index in [9.17, 15) is 14.9 Å². The minimum absolute atomic E-state index is 0.239. The predicted molar refractivity (Wildman–Crippen MR) is 121 cm³/mol. The molecule has 0 atom stereocenters. The Morgan fingerprint density at radius 3 is 2.73 bits per heavy atom. The van der Waals surface area contributed by atoms with E-state index in [0.29, 0.717) is 28.2 Å². The number of hydrogen-bond donors (Lipinski definition) is 0. The van der Waals surface area contributed by atoms with Gasteiger partial charge in [-0.25, -0.2) is 4.98 Å². The molecule has 0 spiro atoms. The summed E-state index contributed by atoms with van der Waals surface area (Å²) in [7, 11) is 1.55. The average molecular weight is 515 g/mol. The van der Waals surface area contributed by atoms with Gasteiger partial charge < -0.3 is 9.15 Å². The van der Waals surface area contributed by atoms with E-state index in [0.717, 1.165) is 3.57 Å². The molecule has 8 nitrogen and oxygen atoms in total. The number of aromatic nitrogens is 2. The smallest absolute Gasteiger partial charge is 0.433 e. The molecule has 0 fully saturated rings. The van der Waals surface area contributed by atoms with Crippen molar-refractivity contribution in [3.05, 3.63) is 90.2 Å². The number of furan rings is 1. The van der Waals surface area contributed by atoms with Gasteiger partial charge in [0, 0.05) is 9.64 Å². The van der Waals surface area contributed by atoms with Crippen LogP contribution < -0.4 is 10.3 Å². The van der Waals surface area contributed by atoms with Gasteiger partial charge in [0.15, 0.2) is 0 Å². The van der Waals surface area contributed by atoms with Crippen molar-refractivity contribution >= 4 is 51.5 Å². The van der Waals surface area contributed by atoms with Crippen LogP contribution >= 0.6 is 22.6 Å². The number of halogens is 1. The van der Waals surface area contributed by atoms with Crippen LogP contribution in [0.25, 0.3) is 28.7 Å². The van der Waals surface area contributed by atoms with Crippen LogP contribution in [0.2, 0.25) is 0 Å². The summed E-state index contributed by atoms with van der Waals surface area (Å²) in [5, 5.41) is 11.3. The molecule has 0 amide bonds. The van der Waals surface area contributed by atoms with Crippen LogP contribution in [0.15, 0.2) is 63.8 Å². The molecule has 0 aliphatic heterocycles. The average Bonchev–Trinajstić information content (AvgIpc) is 3.22. The number of ether oxygens (including phenoxy) is 1. The van der Waals surface area contributed by atoms with Crippen molar-refractivity contribution in [3.8, 4) is 11.4 Å². The third-order valence-corrected chi connectivity index (χ3v) is 5.03. The summed E-state index contributed by atoms with van der Waals surface area (Å²) >= 11 is 2.15. The summed E-state index contributed by atoms with van der Waals surface area (Å²) in [4.78, 5) is 28.2. The normalized spacial score (nSPS) is 11.3. The standard InChI is InChI=1S/C21H14IN3O5/c1-29-16-4-2-3-14(12-16)24-19(9-6-15-7-10-20(30-15)25(27)28)23-18-8-5-13(22)11-17(18)21(24)26/h2-12H,1H3/b9-6+. The zero-order valence-corrected chi connectivity index (χ0v) is 17.8. The molecule has 0 N–H and O–H groups in total. The lowest BCUT2D eigenvalue weighted by molar-refractivity contribution is -0.402. The van der Waals surface area contributed by atoms with Gasteiger partial charge in [0.1, 0.15) is 22.3 Å². The first-order chi connectivity index (χ1) is 14.5. The second kappa shape index (κ2) is 8.11. The molecular formula is C21H14IN3O5. The molecule has 2 aromatic heterocycles. The van der Waals surface area contributed by atoms with Crippen LogP contribution in [-0.2, 0) is 0 Å². The lowest BCUT2D eigenvalue weighted by atomic mass is 10.2. The van der Waals surface area contributed by atoms with Crippen molar-refractivity contribution in [1.29, 1.82) is 0 Å². The number of nitro groups is 1. The number of benzene rings is 2. The summed E-state index contributed by atoms with van der Waals surface area (Å²) in [6.45, 7) is 0. The zero-order valence-electron chi connectivity index (χ0n) is 15.6. The van der Waals surface area contributed by atoms with Crippen LogP contribution in [0.1, 0.15) is 11.6 Å². The Hall–Kier alpha value is -3.47. The fourth-order valence-corrected chi connectivity index (χ4v) is 3.46. The lowest BCUT2D eigenvalue weighted by Gasteiger charge is -2.12. The number of fused-ring (bicyclic) bond motifs is 1. The van der Waals surface area contributed by atoms with E-state index in [2.05, 4.69) is 27.6 Å². The zero-order chi connectivity index (χ0) is 21.3. The van der Waals surface area contributed by atoms with E-state index in [-0.39, 0.29) is 17.2 Å².